The predicted molar refractivity (Wildman–Crippen MR) is 80.5 cm³/mol. The largest absolute Gasteiger partial charge is 0.497 e. The van der Waals surface area contributed by atoms with Gasteiger partial charge in [0.15, 0.2) is 0 Å². The van der Waals surface area contributed by atoms with E-state index >= 15 is 0 Å². The molecule has 0 amide bonds. The first kappa shape index (κ1) is 13.3. The first-order valence-corrected chi connectivity index (χ1v) is 6.86. The number of thiazole rings is 1. The molecule has 0 N–H and O–H groups in total. The van der Waals surface area contributed by atoms with Crippen LogP contribution in [-0.2, 0) is 0 Å². The Morgan fingerprint density at radius 3 is 2.05 bits per heavy atom. The summed E-state index contributed by atoms with van der Waals surface area (Å²) in [6, 6.07) is 18.4. The molecule has 96 valence electrons. The first-order valence-electron chi connectivity index (χ1n) is 5.92. The smallest absolute Gasteiger partial charge is 0.118 e. The minimum absolute atomic E-state index is 0.893. The Kier molecular flexibility index (Phi) is 5.14. The van der Waals surface area contributed by atoms with Crippen LogP contribution in [0.2, 0.25) is 0 Å². The van der Waals surface area contributed by atoms with Crippen molar-refractivity contribution in [3.63, 3.8) is 0 Å². The van der Waals surface area contributed by atoms with E-state index in [9.17, 15) is 0 Å². The summed E-state index contributed by atoms with van der Waals surface area (Å²) >= 11 is 1.60. The molecule has 3 aromatic rings. The van der Waals surface area contributed by atoms with E-state index in [-0.39, 0.29) is 0 Å². The lowest BCUT2D eigenvalue weighted by molar-refractivity contribution is 0.415. The lowest BCUT2D eigenvalue weighted by Gasteiger charge is -2.02. The van der Waals surface area contributed by atoms with Gasteiger partial charge >= 0.3 is 0 Å². The monoisotopic (exact) mass is 269 g/mol. The van der Waals surface area contributed by atoms with E-state index in [0.29, 0.717) is 0 Å². The molecule has 0 radical (unpaired) electrons. The standard InChI is InChI=1S/C13H12O.C3H3NS/c1-14-13-9-7-12(8-10-13)11-5-3-2-4-6-11;1-2-5-3-4-1/h2-10H,1H3;1-3H. The van der Waals surface area contributed by atoms with Gasteiger partial charge in [-0.2, -0.15) is 0 Å². The molecule has 1 heterocycles. The maximum absolute atomic E-state index is 5.11. The Hall–Kier alpha value is -2.13. The van der Waals surface area contributed by atoms with Crippen LogP contribution >= 0.6 is 11.3 Å². The van der Waals surface area contributed by atoms with Crippen molar-refractivity contribution in [2.75, 3.05) is 7.11 Å². The van der Waals surface area contributed by atoms with Crippen molar-refractivity contribution >= 4 is 11.3 Å². The molecule has 2 nitrogen and oxygen atoms in total. The third kappa shape index (κ3) is 4.23. The molecule has 3 heteroatoms. The Morgan fingerprint density at radius 2 is 1.58 bits per heavy atom. The molecule has 1 aromatic heterocycles. The number of ether oxygens (including phenoxy) is 1. The van der Waals surface area contributed by atoms with Crippen molar-refractivity contribution in [3.05, 3.63) is 71.7 Å². The van der Waals surface area contributed by atoms with Crippen LogP contribution in [-0.4, -0.2) is 12.1 Å². The summed E-state index contributed by atoms with van der Waals surface area (Å²) < 4.78 is 5.11. The fourth-order valence-corrected chi connectivity index (χ4v) is 1.94. The van der Waals surface area contributed by atoms with Gasteiger partial charge in [-0.25, -0.2) is 0 Å². The quantitative estimate of drug-likeness (QED) is 0.683. The topological polar surface area (TPSA) is 22.1 Å². The van der Waals surface area contributed by atoms with Crippen LogP contribution in [0, 0.1) is 0 Å². The summed E-state index contributed by atoms with van der Waals surface area (Å²) in [4.78, 5) is 3.74. The van der Waals surface area contributed by atoms with Crippen molar-refractivity contribution in [3.8, 4) is 16.9 Å². The highest BCUT2D eigenvalue weighted by atomic mass is 32.1. The molecule has 0 saturated carbocycles. The zero-order valence-electron chi connectivity index (χ0n) is 10.7. The number of rotatable bonds is 2. The average Bonchev–Trinajstić information content (AvgIpc) is 3.08. The first-order chi connectivity index (χ1) is 9.40. The lowest BCUT2D eigenvalue weighted by Crippen LogP contribution is -1.82. The van der Waals surface area contributed by atoms with Crippen molar-refractivity contribution in [2.45, 2.75) is 0 Å². The van der Waals surface area contributed by atoms with E-state index in [0.717, 1.165) is 5.75 Å². The van der Waals surface area contributed by atoms with Gasteiger partial charge in [0.05, 0.1) is 12.6 Å². The highest BCUT2D eigenvalue weighted by molar-refractivity contribution is 7.07. The number of hydrogen-bond donors (Lipinski definition) is 0. The second kappa shape index (κ2) is 7.34. The maximum atomic E-state index is 5.11. The summed E-state index contributed by atoms with van der Waals surface area (Å²) in [7, 11) is 1.68. The van der Waals surface area contributed by atoms with Gasteiger partial charge in [-0.05, 0) is 23.3 Å². The van der Waals surface area contributed by atoms with Crippen LogP contribution in [0.4, 0.5) is 0 Å². The third-order valence-electron chi connectivity index (χ3n) is 2.54. The Morgan fingerprint density at radius 1 is 0.895 bits per heavy atom. The SMILES string of the molecule is COc1ccc(-c2ccccc2)cc1.c1cscn1. The van der Waals surface area contributed by atoms with Crippen molar-refractivity contribution in [2.24, 2.45) is 0 Å². The van der Waals surface area contributed by atoms with E-state index in [2.05, 4.69) is 29.2 Å². The highest BCUT2D eigenvalue weighted by Gasteiger charge is 1.95. The van der Waals surface area contributed by atoms with Crippen LogP contribution in [0.25, 0.3) is 11.1 Å². The van der Waals surface area contributed by atoms with Crippen LogP contribution < -0.4 is 4.74 Å². The molecule has 2 aromatic carbocycles. The number of hydrogen-bond acceptors (Lipinski definition) is 3. The van der Waals surface area contributed by atoms with E-state index in [1.54, 1.807) is 30.2 Å². The summed E-state index contributed by atoms with van der Waals surface area (Å²) in [6.45, 7) is 0. The highest BCUT2D eigenvalue weighted by Crippen LogP contribution is 2.21. The summed E-state index contributed by atoms with van der Waals surface area (Å²) in [5, 5.41) is 1.93. The molecule has 19 heavy (non-hydrogen) atoms. The summed E-state index contributed by atoms with van der Waals surface area (Å²) in [5.74, 6) is 0.893. The van der Waals surface area contributed by atoms with Gasteiger partial charge in [0.1, 0.15) is 5.75 Å². The predicted octanol–water partition coefficient (Wildman–Crippen LogP) is 4.51. The molecule has 3 rings (SSSR count). The van der Waals surface area contributed by atoms with Gasteiger partial charge < -0.3 is 4.74 Å². The molecule has 0 fully saturated rings. The summed E-state index contributed by atoms with van der Waals surface area (Å²) in [6.07, 6.45) is 1.77. The van der Waals surface area contributed by atoms with Crippen LogP contribution in [0.3, 0.4) is 0 Å². The van der Waals surface area contributed by atoms with Gasteiger partial charge in [-0.1, -0.05) is 42.5 Å². The second-order valence-electron chi connectivity index (χ2n) is 3.77. The Labute approximate surface area is 117 Å². The second-order valence-corrected chi connectivity index (χ2v) is 4.53. The number of methoxy groups -OCH3 is 1. The maximum Gasteiger partial charge on any atom is 0.118 e. The zero-order chi connectivity index (χ0) is 13.3. The van der Waals surface area contributed by atoms with E-state index in [4.69, 9.17) is 4.74 Å². The van der Waals surface area contributed by atoms with Gasteiger partial charge in [-0.15, -0.1) is 11.3 Å². The Bertz CT molecular complexity index is 544. The normalized spacial score (nSPS) is 9.32. The number of nitrogens with zero attached hydrogens (tertiary/aromatic N) is 1. The molecule has 0 spiro atoms. The van der Waals surface area contributed by atoms with Gasteiger partial charge in [0, 0.05) is 11.6 Å². The minimum atomic E-state index is 0.893. The summed E-state index contributed by atoms with van der Waals surface area (Å²) in [5.41, 5.74) is 4.24. The van der Waals surface area contributed by atoms with Gasteiger partial charge in [-0.3, -0.25) is 4.98 Å². The van der Waals surface area contributed by atoms with Gasteiger partial charge in [0.25, 0.3) is 0 Å². The fraction of sp³-hybridized carbons (Fsp3) is 0.0625. The molecule has 0 aliphatic carbocycles. The van der Waals surface area contributed by atoms with E-state index < -0.39 is 0 Å². The van der Waals surface area contributed by atoms with Crippen LogP contribution in [0.5, 0.6) is 5.75 Å². The lowest BCUT2D eigenvalue weighted by atomic mass is 10.1. The van der Waals surface area contributed by atoms with Crippen molar-refractivity contribution in [1.82, 2.24) is 4.98 Å². The molecule has 0 aliphatic heterocycles. The van der Waals surface area contributed by atoms with Crippen LogP contribution in [0.15, 0.2) is 71.7 Å². The molecule has 0 aliphatic rings. The molecule has 0 unspecified atom stereocenters. The number of benzene rings is 2. The van der Waals surface area contributed by atoms with E-state index in [1.807, 2.05) is 35.7 Å². The number of aromatic nitrogens is 1. The molecule has 0 saturated heterocycles. The van der Waals surface area contributed by atoms with Crippen molar-refractivity contribution < 1.29 is 4.74 Å². The van der Waals surface area contributed by atoms with Gasteiger partial charge in [0.2, 0.25) is 0 Å². The Balaban J connectivity index is 0.000000224. The molecule has 0 atom stereocenters. The van der Waals surface area contributed by atoms with Crippen LogP contribution in [0.1, 0.15) is 0 Å². The molecular formula is C16H15NOS. The van der Waals surface area contributed by atoms with E-state index in [1.165, 1.54) is 11.1 Å². The molecular weight excluding hydrogens is 254 g/mol. The fourth-order valence-electron chi connectivity index (χ4n) is 1.59. The van der Waals surface area contributed by atoms with Crippen molar-refractivity contribution in [1.29, 1.82) is 0 Å². The minimum Gasteiger partial charge on any atom is -0.497 e. The third-order valence-corrected chi connectivity index (χ3v) is 3.07. The average molecular weight is 269 g/mol. The molecule has 0 bridgehead atoms. The zero-order valence-corrected chi connectivity index (χ0v) is 11.5.